The molecular weight excluding hydrogens is 272 g/mol. The fraction of sp³-hybridized carbons (Fsp3) is 0.357. The Morgan fingerprint density at radius 2 is 2.25 bits per heavy atom. The van der Waals surface area contributed by atoms with E-state index in [2.05, 4.69) is 15.3 Å². The molecule has 0 aromatic carbocycles. The predicted molar refractivity (Wildman–Crippen MR) is 80.8 cm³/mol. The number of pyridine rings is 1. The summed E-state index contributed by atoms with van der Waals surface area (Å²) in [5.41, 5.74) is 7.07. The standard InChI is InChI=1S/C14H18N4OS/c1-4-11-5-10(6-12(15)18-11)13(19)17-9(3)14-16-7-8(2)20-14/h5-7,9H,4H2,1-3H3,(H2,15,18)(H,17,19). The minimum atomic E-state index is -0.158. The summed E-state index contributed by atoms with van der Waals surface area (Å²) in [5.74, 6) is 0.210. The number of carbonyl (C=O) groups excluding carboxylic acids is 1. The molecule has 3 N–H and O–H groups in total. The van der Waals surface area contributed by atoms with Crippen LogP contribution in [-0.2, 0) is 6.42 Å². The van der Waals surface area contributed by atoms with E-state index in [1.165, 1.54) is 0 Å². The van der Waals surface area contributed by atoms with Crippen LogP contribution in [0.2, 0.25) is 0 Å². The average molecular weight is 290 g/mol. The highest BCUT2D eigenvalue weighted by Gasteiger charge is 2.15. The molecule has 0 aliphatic heterocycles. The van der Waals surface area contributed by atoms with E-state index in [0.717, 1.165) is 22.0 Å². The van der Waals surface area contributed by atoms with Crippen molar-refractivity contribution in [1.29, 1.82) is 0 Å². The SMILES string of the molecule is CCc1cc(C(=O)NC(C)c2ncc(C)s2)cc(N)n1. The molecule has 2 rings (SSSR count). The molecule has 20 heavy (non-hydrogen) atoms. The third-order valence-corrected chi connectivity index (χ3v) is 3.98. The van der Waals surface area contributed by atoms with E-state index in [0.29, 0.717) is 11.4 Å². The lowest BCUT2D eigenvalue weighted by atomic mass is 10.1. The number of thiazole rings is 1. The molecule has 0 aliphatic carbocycles. The number of carbonyl (C=O) groups is 1. The molecule has 0 fully saturated rings. The van der Waals surface area contributed by atoms with E-state index in [-0.39, 0.29) is 11.9 Å². The highest BCUT2D eigenvalue weighted by atomic mass is 32.1. The Labute approximate surface area is 122 Å². The maximum Gasteiger partial charge on any atom is 0.252 e. The fourth-order valence-electron chi connectivity index (χ4n) is 1.84. The van der Waals surface area contributed by atoms with Crippen LogP contribution >= 0.6 is 11.3 Å². The van der Waals surface area contributed by atoms with Gasteiger partial charge >= 0.3 is 0 Å². The predicted octanol–water partition coefficient (Wildman–Crippen LogP) is 2.48. The zero-order chi connectivity index (χ0) is 14.7. The Kier molecular flexibility index (Phi) is 4.34. The average Bonchev–Trinajstić information content (AvgIpc) is 2.84. The minimum Gasteiger partial charge on any atom is -0.384 e. The lowest BCUT2D eigenvalue weighted by molar-refractivity contribution is 0.0939. The first-order valence-corrected chi connectivity index (χ1v) is 7.31. The second-order valence-corrected chi connectivity index (χ2v) is 5.90. The van der Waals surface area contributed by atoms with Gasteiger partial charge in [-0.25, -0.2) is 9.97 Å². The first-order valence-electron chi connectivity index (χ1n) is 6.49. The van der Waals surface area contributed by atoms with Gasteiger partial charge in [-0.1, -0.05) is 6.92 Å². The van der Waals surface area contributed by atoms with Crippen molar-refractivity contribution < 1.29 is 4.79 Å². The quantitative estimate of drug-likeness (QED) is 0.906. The maximum absolute atomic E-state index is 12.2. The molecule has 6 heteroatoms. The molecule has 0 bridgehead atoms. The van der Waals surface area contributed by atoms with Crippen molar-refractivity contribution in [3.8, 4) is 0 Å². The van der Waals surface area contributed by atoms with Gasteiger partial charge in [0, 0.05) is 22.3 Å². The van der Waals surface area contributed by atoms with Crippen LogP contribution in [0.3, 0.4) is 0 Å². The van der Waals surface area contributed by atoms with E-state index in [1.54, 1.807) is 23.5 Å². The van der Waals surface area contributed by atoms with Gasteiger partial charge in [-0.2, -0.15) is 0 Å². The molecule has 0 saturated carbocycles. The van der Waals surface area contributed by atoms with Gasteiger partial charge in [0.25, 0.3) is 5.91 Å². The van der Waals surface area contributed by atoms with Crippen LogP contribution in [0.1, 0.15) is 45.8 Å². The molecule has 2 heterocycles. The van der Waals surface area contributed by atoms with Crippen LogP contribution < -0.4 is 11.1 Å². The molecule has 5 nitrogen and oxygen atoms in total. The monoisotopic (exact) mass is 290 g/mol. The highest BCUT2D eigenvalue weighted by molar-refractivity contribution is 7.11. The Morgan fingerprint density at radius 1 is 1.50 bits per heavy atom. The number of nitrogens with one attached hydrogen (secondary N) is 1. The van der Waals surface area contributed by atoms with Crippen molar-refractivity contribution >= 4 is 23.1 Å². The number of nitrogen functional groups attached to an aromatic ring is 1. The van der Waals surface area contributed by atoms with Gasteiger partial charge in [0.05, 0.1) is 6.04 Å². The summed E-state index contributed by atoms with van der Waals surface area (Å²) in [7, 11) is 0. The Morgan fingerprint density at radius 3 is 2.85 bits per heavy atom. The van der Waals surface area contributed by atoms with Crippen LogP contribution in [-0.4, -0.2) is 15.9 Å². The van der Waals surface area contributed by atoms with E-state index in [4.69, 9.17) is 5.73 Å². The van der Waals surface area contributed by atoms with E-state index < -0.39 is 0 Å². The molecule has 0 radical (unpaired) electrons. The molecule has 2 aromatic heterocycles. The molecule has 0 aliphatic rings. The largest absolute Gasteiger partial charge is 0.384 e. The van der Waals surface area contributed by atoms with Crippen LogP contribution in [0.4, 0.5) is 5.82 Å². The number of aromatic nitrogens is 2. The van der Waals surface area contributed by atoms with Gasteiger partial charge in [-0.15, -0.1) is 11.3 Å². The topological polar surface area (TPSA) is 80.9 Å². The molecule has 1 unspecified atom stereocenters. The number of nitrogens with two attached hydrogens (primary N) is 1. The van der Waals surface area contributed by atoms with Crippen molar-refractivity contribution in [1.82, 2.24) is 15.3 Å². The number of hydrogen-bond acceptors (Lipinski definition) is 5. The third kappa shape index (κ3) is 3.33. The Bertz CT molecular complexity index is 623. The lowest BCUT2D eigenvalue weighted by Gasteiger charge is -2.12. The zero-order valence-corrected chi connectivity index (χ0v) is 12.6. The van der Waals surface area contributed by atoms with Gasteiger partial charge in [0.15, 0.2) is 0 Å². The van der Waals surface area contributed by atoms with Gasteiger partial charge in [-0.3, -0.25) is 4.79 Å². The summed E-state index contributed by atoms with van der Waals surface area (Å²) in [6.45, 7) is 5.89. The van der Waals surface area contributed by atoms with Crippen molar-refractivity contribution in [3.05, 3.63) is 39.5 Å². The van der Waals surface area contributed by atoms with Crippen molar-refractivity contribution in [2.45, 2.75) is 33.2 Å². The second-order valence-electron chi connectivity index (χ2n) is 4.63. The summed E-state index contributed by atoms with van der Waals surface area (Å²) in [6, 6.07) is 3.24. The van der Waals surface area contributed by atoms with E-state index in [9.17, 15) is 4.79 Å². The Balaban J connectivity index is 2.13. The molecule has 2 aromatic rings. The van der Waals surface area contributed by atoms with E-state index in [1.807, 2.05) is 27.0 Å². The van der Waals surface area contributed by atoms with Gasteiger partial charge in [0.2, 0.25) is 0 Å². The highest BCUT2D eigenvalue weighted by Crippen LogP contribution is 2.19. The second kappa shape index (κ2) is 6.00. The number of aryl methyl sites for hydroxylation is 2. The lowest BCUT2D eigenvalue weighted by Crippen LogP contribution is -2.26. The summed E-state index contributed by atoms with van der Waals surface area (Å²) < 4.78 is 0. The number of rotatable bonds is 4. The zero-order valence-electron chi connectivity index (χ0n) is 11.8. The Hall–Kier alpha value is -1.95. The minimum absolute atomic E-state index is 0.124. The summed E-state index contributed by atoms with van der Waals surface area (Å²) in [6.07, 6.45) is 2.55. The number of amides is 1. The molecule has 0 saturated heterocycles. The smallest absolute Gasteiger partial charge is 0.252 e. The maximum atomic E-state index is 12.2. The van der Waals surface area contributed by atoms with Gasteiger partial charge in [0.1, 0.15) is 10.8 Å². The number of hydrogen-bond donors (Lipinski definition) is 2. The van der Waals surface area contributed by atoms with Crippen LogP contribution in [0, 0.1) is 6.92 Å². The van der Waals surface area contributed by atoms with Crippen LogP contribution in [0.5, 0.6) is 0 Å². The van der Waals surface area contributed by atoms with Gasteiger partial charge < -0.3 is 11.1 Å². The number of anilines is 1. The molecule has 1 amide bonds. The van der Waals surface area contributed by atoms with E-state index >= 15 is 0 Å². The molecule has 0 spiro atoms. The van der Waals surface area contributed by atoms with Crippen LogP contribution in [0.15, 0.2) is 18.3 Å². The fourth-order valence-corrected chi connectivity index (χ4v) is 2.61. The first kappa shape index (κ1) is 14.5. The van der Waals surface area contributed by atoms with Crippen molar-refractivity contribution in [2.24, 2.45) is 0 Å². The summed E-state index contributed by atoms with van der Waals surface area (Å²) >= 11 is 1.58. The van der Waals surface area contributed by atoms with Crippen molar-refractivity contribution in [2.75, 3.05) is 5.73 Å². The first-order chi connectivity index (χ1) is 9.49. The molecular formula is C14H18N4OS. The van der Waals surface area contributed by atoms with Crippen LogP contribution in [0.25, 0.3) is 0 Å². The third-order valence-electron chi connectivity index (χ3n) is 2.88. The summed E-state index contributed by atoms with van der Waals surface area (Å²) in [4.78, 5) is 21.8. The normalized spacial score (nSPS) is 12.2. The van der Waals surface area contributed by atoms with Crippen molar-refractivity contribution in [3.63, 3.8) is 0 Å². The van der Waals surface area contributed by atoms with Gasteiger partial charge in [-0.05, 0) is 32.4 Å². The number of nitrogens with zero attached hydrogens (tertiary/aromatic N) is 2. The molecule has 1 atom stereocenters. The molecule has 106 valence electrons. The summed E-state index contributed by atoms with van der Waals surface area (Å²) in [5, 5.41) is 3.83.